The summed E-state index contributed by atoms with van der Waals surface area (Å²) < 4.78 is 0. The van der Waals surface area contributed by atoms with Crippen molar-refractivity contribution in [2.75, 3.05) is 6.54 Å². The maximum atomic E-state index is 11.4. The van der Waals surface area contributed by atoms with E-state index in [1.165, 1.54) is 6.42 Å². The molecule has 74 valence electrons. The molecule has 13 heavy (non-hydrogen) atoms. The Morgan fingerprint density at radius 3 is 2.46 bits per heavy atom. The van der Waals surface area contributed by atoms with Crippen LogP contribution in [-0.4, -0.2) is 18.0 Å². The summed E-state index contributed by atoms with van der Waals surface area (Å²) in [4.78, 5) is 11.4. The molecule has 2 aliphatic carbocycles. The van der Waals surface area contributed by atoms with Crippen LogP contribution in [0.15, 0.2) is 0 Å². The highest BCUT2D eigenvalue weighted by Gasteiger charge is 2.48. The summed E-state index contributed by atoms with van der Waals surface area (Å²) in [6.45, 7) is 5.28. The SMILES string of the molecule is CC1(C)CC1CNC(=O)C1(N)CC1. The van der Waals surface area contributed by atoms with E-state index in [0.29, 0.717) is 11.3 Å². The number of carbonyl (C=O) groups excluding carboxylic acids is 1. The third-order valence-corrected chi connectivity index (χ3v) is 3.47. The summed E-state index contributed by atoms with van der Waals surface area (Å²) in [5, 5.41) is 2.94. The molecule has 2 aliphatic rings. The molecule has 0 saturated heterocycles. The average molecular weight is 182 g/mol. The largest absolute Gasteiger partial charge is 0.354 e. The molecule has 1 unspecified atom stereocenters. The topological polar surface area (TPSA) is 55.1 Å². The molecule has 3 nitrogen and oxygen atoms in total. The monoisotopic (exact) mass is 182 g/mol. The number of hydrogen-bond donors (Lipinski definition) is 2. The van der Waals surface area contributed by atoms with E-state index in [1.807, 2.05) is 0 Å². The number of rotatable bonds is 3. The van der Waals surface area contributed by atoms with E-state index in [-0.39, 0.29) is 5.91 Å². The lowest BCUT2D eigenvalue weighted by atomic mass is 10.1. The summed E-state index contributed by atoms with van der Waals surface area (Å²) in [6, 6.07) is 0. The van der Waals surface area contributed by atoms with Crippen molar-refractivity contribution in [1.29, 1.82) is 0 Å². The predicted molar refractivity (Wildman–Crippen MR) is 51.1 cm³/mol. The van der Waals surface area contributed by atoms with Crippen LogP contribution in [0.2, 0.25) is 0 Å². The Balaban J connectivity index is 1.72. The van der Waals surface area contributed by atoms with Gasteiger partial charge in [-0.05, 0) is 30.6 Å². The second kappa shape index (κ2) is 2.47. The maximum absolute atomic E-state index is 11.4. The minimum atomic E-state index is -0.501. The molecule has 0 aromatic carbocycles. The third-order valence-electron chi connectivity index (χ3n) is 3.47. The number of hydrogen-bond acceptors (Lipinski definition) is 2. The molecule has 2 rings (SSSR count). The lowest BCUT2D eigenvalue weighted by molar-refractivity contribution is -0.123. The van der Waals surface area contributed by atoms with Crippen LogP contribution in [0.4, 0.5) is 0 Å². The third kappa shape index (κ3) is 1.70. The van der Waals surface area contributed by atoms with Gasteiger partial charge in [0.15, 0.2) is 0 Å². The number of amides is 1. The van der Waals surface area contributed by atoms with Gasteiger partial charge in [0, 0.05) is 6.54 Å². The quantitative estimate of drug-likeness (QED) is 0.673. The van der Waals surface area contributed by atoms with Crippen LogP contribution in [0.5, 0.6) is 0 Å². The summed E-state index contributed by atoms with van der Waals surface area (Å²) in [5.74, 6) is 0.717. The second-order valence-electron chi connectivity index (χ2n) is 5.26. The number of carbonyl (C=O) groups is 1. The standard InChI is InChI=1S/C10H18N2O/c1-9(2)5-7(9)6-12-8(13)10(11)3-4-10/h7H,3-6,11H2,1-2H3,(H,12,13). The van der Waals surface area contributed by atoms with E-state index in [0.717, 1.165) is 19.4 Å². The maximum Gasteiger partial charge on any atom is 0.240 e. The van der Waals surface area contributed by atoms with Crippen LogP contribution >= 0.6 is 0 Å². The van der Waals surface area contributed by atoms with E-state index in [4.69, 9.17) is 5.73 Å². The van der Waals surface area contributed by atoms with Gasteiger partial charge < -0.3 is 11.1 Å². The van der Waals surface area contributed by atoms with Crippen molar-refractivity contribution in [3.63, 3.8) is 0 Å². The lowest BCUT2D eigenvalue weighted by Gasteiger charge is -2.10. The van der Waals surface area contributed by atoms with E-state index in [2.05, 4.69) is 19.2 Å². The van der Waals surface area contributed by atoms with Gasteiger partial charge in [0.2, 0.25) is 5.91 Å². The molecular formula is C10H18N2O. The van der Waals surface area contributed by atoms with Crippen molar-refractivity contribution in [2.45, 2.75) is 38.6 Å². The van der Waals surface area contributed by atoms with Gasteiger partial charge in [-0.25, -0.2) is 0 Å². The molecule has 0 radical (unpaired) electrons. The first-order valence-electron chi connectivity index (χ1n) is 5.01. The molecule has 3 heteroatoms. The minimum absolute atomic E-state index is 0.0511. The van der Waals surface area contributed by atoms with Gasteiger partial charge in [-0.15, -0.1) is 0 Å². The van der Waals surface area contributed by atoms with E-state index in [1.54, 1.807) is 0 Å². The van der Waals surface area contributed by atoms with Crippen molar-refractivity contribution in [3.8, 4) is 0 Å². The first-order chi connectivity index (χ1) is 5.94. The molecule has 0 heterocycles. The number of nitrogens with two attached hydrogens (primary N) is 1. The minimum Gasteiger partial charge on any atom is -0.354 e. The second-order valence-corrected chi connectivity index (χ2v) is 5.26. The predicted octanol–water partition coefficient (Wildman–Crippen LogP) is 0.640. The highest BCUT2D eigenvalue weighted by molar-refractivity contribution is 5.88. The van der Waals surface area contributed by atoms with Crippen LogP contribution in [-0.2, 0) is 4.79 Å². The van der Waals surface area contributed by atoms with Crippen molar-refractivity contribution in [1.82, 2.24) is 5.32 Å². The van der Waals surface area contributed by atoms with Crippen LogP contribution in [0, 0.1) is 11.3 Å². The molecule has 0 bridgehead atoms. The normalized spacial score (nSPS) is 32.4. The Hall–Kier alpha value is -0.570. The van der Waals surface area contributed by atoms with Gasteiger partial charge in [-0.3, -0.25) is 4.79 Å². The Morgan fingerprint density at radius 1 is 1.54 bits per heavy atom. The molecule has 2 fully saturated rings. The molecule has 0 aromatic rings. The highest BCUT2D eigenvalue weighted by Crippen LogP contribution is 2.51. The fourth-order valence-corrected chi connectivity index (χ4v) is 1.68. The zero-order valence-corrected chi connectivity index (χ0v) is 8.39. The van der Waals surface area contributed by atoms with Crippen LogP contribution in [0.1, 0.15) is 33.1 Å². The van der Waals surface area contributed by atoms with Crippen LogP contribution < -0.4 is 11.1 Å². The van der Waals surface area contributed by atoms with Gasteiger partial charge in [0.1, 0.15) is 0 Å². The Kier molecular flexibility index (Phi) is 1.71. The van der Waals surface area contributed by atoms with Gasteiger partial charge in [-0.1, -0.05) is 13.8 Å². The van der Waals surface area contributed by atoms with E-state index < -0.39 is 5.54 Å². The molecule has 3 N–H and O–H groups in total. The zero-order valence-electron chi connectivity index (χ0n) is 8.39. The molecule has 1 amide bonds. The number of nitrogens with one attached hydrogen (secondary N) is 1. The smallest absolute Gasteiger partial charge is 0.240 e. The molecule has 1 atom stereocenters. The summed E-state index contributed by atoms with van der Waals surface area (Å²) in [5.41, 5.74) is 5.69. The molecule has 2 saturated carbocycles. The highest BCUT2D eigenvalue weighted by atomic mass is 16.2. The summed E-state index contributed by atoms with van der Waals surface area (Å²) in [6.07, 6.45) is 2.94. The van der Waals surface area contributed by atoms with Crippen molar-refractivity contribution >= 4 is 5.91 Å². The van der Waals surface area contributed by atoms with Crippen LogP contribution in [0.25, 0.3) is 0 Å². The fraction of sp³-hybridized carbons (Fsp3) is 0.900. The lowest BCUT2D eigenvalue weighted by Crippen LogP contribution is -2.43. The summed E-state index contributed by atoms with van der Waals surface area (Å²) in [7, 11) is 0. The zero-order chi connectivity index (χ0) is 9.69. The van der Waals surface area contributed by atoms with Crippen LogP contribution in [0.3, 0.4) is 0 Å². The molecule has 0 aromatic heterocycles. The van der Waals surface area contributed by atoms with Crippen molar-refractivity contribution < 1.29 is 4.79 Å². The Morgan fingerprint density at radius 2 is 2.08 bits per heavy atom. The van der Waals surface area contributed by atoms with Gasteiger partial charge >= 0.3 is 0 Å². The van der Waals surface area contributed by atoms with Crippen molar-refractivity contribution in [2.24, 2.45) is 17.1 Å². The average Bonchev–Trinajstić information content (AvgIpc) is 2.88. The Bertz CT molecular complexity index is 243. The first-order valence-corrected chi connectivity index (χ1v) is 5.01. The Labute approximate surface area is 79.1 Å². The van der Waals surface area contributed by atoms with Crippen molar-refractivity contribution in [3.05, 3.63) is 0 Å². The van der Waals surface area contributed by atoms with E-state index in [9.17, 15) is 4.79 Å². The van der Waals surface area contributed by atoms with E-state index >= 15 is 0 Å². The molecule has 0 spiro atoms. The molecular weight excluding hydrogens is 164 g/mol. The van der Waals surface area contributed by atoms with Gasteiger partial charge in [-0.2, -0.15) is 0 Å². The first kappa shape index (κ1) is 9.00. The van der Waals surface area contributed by atoms with Gasteiger partial charge in [0.25, 0.3) is 0 Å². The fourth-order valence-electron chi connectivity index (χ4n) is 1.68. The summed E-state index contributed by atoms with van der Waals surface area (Å²) >= 11 is 0. The molecule has 0 aliphatic heterocycles. The van der Waals surface area contributed by atoms with Gasteiger partial charge in [0.05, 0.1) is 5.54 Å².